The third-order valence-electron chi connectivity index (χ3n) is 2.62. The molecule has 0 spiro atoms. The standard InChI is InChI=1S/C15H16ClNO/c1-17-10-12-4-8-15(9-5-12)18-11-13-2-6-14(16)7-3-13/h2-9,17H,10-11H2,1H3. The van der Waals surface area contributed by atoms with Crippen LogP contribution in [0.4, 0.5) is 0 Å². The highest BCUT2D eigenvalue weighted by Crippen LogP contribution is 2.15. The van der Waals surface area contributed by atoms with Crippen molar-refractivity contribution in [3.05, 3.63) is 64.7 Å². The predicted octanol–water partition coefficient (Wildman–Crippen LogP) is 3.64. The van der Waals surface area contributed by atoms with Gasteiger partial charge in [-0.05, 0) is 42.4 Å². The molecule has 0 radical (unpaired) electrons. The molecule has 2 rings (SSSR count). The highest BCUT2D eigenvalue weighted by atomic mass is 35.5. The fourth-order valence-electron chi connectivity index (χ4n) is 1.65. The van der Waals surface area contributed by atoms with Crippen LogP contribution in [0.15, 0.2) is 48.5 Å². The van der Waals surface area contributed by atoms with Crippen molar-refractivity contribution in [2.75, 3.05) is 7.05 Å². The third kappa shape index (κ3) is 3.76. The zero-order valence-electron chi connectivity index (χ0n) is 10.3. The van der Waals surface area contributed by atoms with Gasteiger partial charge in [0, 0.05) is 11.6 Å². The Kier molecular flexibility index (Phi) is 4.62. The number of halogens is 1. The Morgan fingerprint density at radius 2 is 1.56 bits per heavy atom. The minimum atomic E-state index is 0.558. The molecule has 0 heterocycles. The Labute approximate surface area is 113 Å². The summed E-state index contributed by atoms with van der Waals surface area (Å²) in [6, 6.07) is 15.8. The molecule has 0 saturated carbocycles. The van der Waals surface area contributed by atoms with Crippen LogP contribution >= 0.6 is 11.6 Å². The summed E-state index contributed by atoms with van der Waals surface area (Å²) in [5.41, 5.74) is 2.36. The largest absolute Gasteiger partial charge is 0.489 e. The summed E-state index contributed by atoms with van der Waals surface area (Å²) in [5, 5.41) is 3.86. The van der Waals surface area contributed by atoms with Crippen LogP contribution in [0.25, 0.3) is 0 Å². The van der Waals surface area contributed by atoms with Gasteiger partial charge in [-0.25, -0.2) is 0 Å². The van der Waals surface area contributed by atoms with Crippen molar-refractivity contribution in [3.63, 3.8) is 0 Å². The van der Waals surface area contributed by atoms with E-state index in [1.807, 2.05) is 43.4 Å². The number of hydrogen-bond donors (Lipinski definition) is 1. The lowest BCUT2D eigenvalue weighted by atomic mass is 10.2. The molecule has 2 nitrogen and oxygen atoms in total. The van der Waals surface area contributed by atoms with Gasteiger partial charge in [0.2, 0.25) is 0 Å². The Bertz CT molecular complexity index is 479. The van der Waals surface area contributed by atoms with Gasteiger partial charge < -0.3 is 10.1 Å². The SMILES string of the molecule is CNCc1ccc(OCc2ccc(Cl)cc2)cc1. The molecule has 0 fully saturated rings. The zero-order chi connectivity index (χ0) is 12.8. The van der Waals surface area contributed by atoms with Crippen LogP contribution in [0.1, 0.15) is 11.1 Å². The quantitative estimate of drug-likeness (QED) is 0.887. The highest BCUT2D eigenvalue weighted by molar-refractivity contribution is 6.30. The molecule has 3 heteroatoms. The molecule has 0 saturated heterocycles. The molecule has 18 heavy (non-hydrogen) atoms. The maximum atomic E-state index is 5.83. The smallest absolute Gasteiger partial charge is 0.119 e. The van der Waals surface area contributed by atoms with Gasteiger partial charge in [0.15, 0.2) is 0 Å². The van der Waals surface area contributed by atoms with Crippen LogP contribution in [0, 0.1) is 0 Å². The van der Waals surface area contributed by atoms with E-state index in [2.05, 4.69) is 17.4 Å². The Hall–Kier alpha value is -1.51. The lowest BCUT2D eigenvalue weighted by molar-refractivity contribution is 0.306. The number of nitrogens with one attached hydrogen (secondary N) is 1. The average molecular weight is 262 g/mol. The van der Waals surface area contributed by atoms with Crippen molar-refractivity contribution in [3.8, 4) is 5.75 Å². The topological polar surface area (TPSA) is 21.3 Å². The molecule has 0 unspecified atom stereocenters. The van der Waals surface area contributed by atoms with Gasteiger partial charge >= 0.3 is 0 Å². The second kappa shape index (κ2) is 6.43. The first-order valence-corrected chi connectivity index (χ1v) is 6.26. The summed E-state index contributed by atoms with van der Waals surface area (Å²) in [6.45, 7) is 1.43. The van der Waals surface area contributed by atoms with Crippen LogP contribution < -0.4 is 10.1 Å². The van der Waals surface area contributed by atoms with Crippen molar-refractivity contribution in [2.45, 2.75) is 13.2 Å². The van der Waals surface area contributed by atoms with Crippen LogP contribution in [-0.4, -0.2) is 7.05 Å². The lowest BCUT2D eigenvalue weighted by Gasteiger charge is -2.07. The first kappa shape index (κ1) is 12.9. The van der Waals surface area contributed by atoms with Crippen molar-refractivity contribution < 1.29 is 4.74 Å². The molecule has 0 aliphatic rings. The number of rotatable bonds is 5. The Balaban J connectivity index is 1.91. The molecule has 0 aliphatic carbocycles. The number of hydrogen-bond acceptors (Lipinski definition) is 2. The minimum Gasteiger partial charge on any atom is -0.489 e. The summed E-state index contributed by atoms with van der Waals surface area (Å²) < 4.78 is 5.70. The summed E-state index contributed by atoms with van der Waals surface area (Å²) in [5.74, 6) is 0.879. The van der Waals surface area contributed by atoms with E-state index >= 15 is 0 Å². The van der Waals surface area contributed by atoms with Gasteiger partial charge in [0.05, 0.1) is 0 Å². The maximum Gasteiger partial charge on any atom is 0.119 e. The maximum absolute atomic E-state index is 5.83. The van der Waals surface area contributed by atoms with Gasteiger partial charge in [-0.15, -0.1) is 0 Å². The van der Waals surface area contributed by atoms with Gasteiger partial charge in [0.25, 0.3) is 0 Å². The van der Waals surface area contributed by atoms with Crippen LogP contribution in [0.2, 0.25) is 5.02 Å². The van der Waals surface area contributed by atoms with E-state index in [4.69, 9.17) is 16.3 Å². The fourth-order valence-corrected chi connectivity index (χ4v) is 1.78. The van der Waals surface area contributed by atoms with Crippen molar-refractivity contribution in [2.24, 2.45) is 0 Å². The monoisotopic (exact) mass is 261 g/mol. The van der Waals surface area contributed by atoms with Gasteiger partial charge in [-0.3, -0.25) is 0 Å². The summed E-state index contributed by atoms with van der Waals surface area (Å²) >= 11 is 5.83. The minimum absolute atomic E-state index is 0.558. The molecule has 2 aromatic carbocycles. The Morgan fingerprint density at radius 1 is 0.944 bits per heavy atom. The highest BCUT2D eigenvalue weighted by Gasteiger charge is 1.97. The van der Waals surface area contributed by atoms with Gasteiger partial charge in [-0.1, -0.05) is 35.9 Å². The summed E-state index contributed by atoms with van der Waals surface area (Å²) in [7, 11) is 1.94. The fraction of sp³-hybridized carbons (Fsp3) is 0.200. The van der Waals surface area contributed by atoms with E-state index in [0.29, 0.717) is 6.61 Å². The van der Waals surface area contributed by atoms with E-state index in [9.17, 15) is 0 Å². The van der Waals surface area contributed by atoms with Crippen molar-refractivity contribution in [1.82, 2.24) is 5.32 Å². The third-order valence-corrected chi connectivity index (χ3v) is 2.87. The van der Waals surface area contributed by atoms with E-state index < -0.39 is 0 Å². The van der Waals surface area contributed by atoms with Gasteiger partial charge in [0.1, 0.15) is 12.4 Å². The molecule has 0 bridgehead atoms. The molecule has 2 aromatic rings. The molecular weight excluding hydrogens is 246 g/mol. The predicted molar refractivity (Wildman–Crippen MR) is 75.0 cm³/mol. The second-order valence-electron chi connectivity index (χ2n) is 4.09. The molecule has 0 aliphatic heterocycles. The molecule has 94 valence electrons. The second-order valence-corrected chi connectivity index (χ2v) is 4.53. The zero-order valence-corrected chi connectivity index (χ0v) is 11.1. The summed E-state index contributed by atoms with van der Waals surface area (Å²) in [6.07, 6.45) is 0. The number of benzene rings is 2. The molecule has 0 amide bonds. The molecule has 0 aromatic heterocycles. The average Bonchev–Trinajstić information content (AvgIpc) is 2.40. The lowest BCUT2D eigenvalue weighted by Crippen LogP contribution is -2.04. The molecular formula is C15H16ClNO. The van der Waals surface area contributed by atoms with Crippen molar-refractivity contribution in [1.29, 1.82) is 0 Å². The number of ether oxygens (including phenoxy) is 1. The Morgan fingerprint density at radius 3 is 2.17 bits per heavy atom. The first-order chi connectivity index (χ1) is 8.78. The van der Waals surface area contributed by atoms with Crippen LogP contribution in [0.3, 0.4) is 0 Å². The van der Waals surface area contributed by atoms with E-state index in [1.54, 1.807) is 0 Å². The van der Waals surface area contributed by atoms with Gasteiger partial charge in [-0.2, -0.15) is 0 Å². The van der Waals surface area contributed by atoms with Crippen LogP contribution in [0.5, 0.6) is 5.75 Å². The van der Waals surface area contributed by atoms with E-state index in [0.717, 1.165) is 22.9 Å². The summed E-state index contributed by atoms with van der Waals surface area (Å²) in [4.78, 5) is 0. The molecule has 0 atom stereocenters. The van der Waals surface area contributed by atoms with E-state index in [-0.39, 0.29) is 0 Å². The first-order valence-electron chi connectivity index (χ1n) is 5.89. The normalized spacial score (nSPS) is 10.3. The van der Waals surface area contributed by atoms with Crippen LogP contribution in [-0.2, 0) is 13.2 Å². The van der Waals surface area contributed by atoms with E-state index in [1.165, 1.54) is 5.56 Å². The molecule has 1 N–H and O–H groups in total. The van der Waals surface area contributed by atoms with Crippen molar-refractivity contribution >= 4 is 11.6 Å².